The second-order valence-corrected chi connectivity index (χ2v) is 4.66. The number of aryl methyl sites for hydroxylation is 1. The predicted octanol–water partition coefficient (Wildman–Crippen LogP) is 2.25. The van der Waals surface area contributed by atoms with Gasteiger partial charge >= 0.3 is 0 Å². The van der Waals surface area contributed by atoms with E-state index in [1.165, 1.54) is 11.1 Å². The lowest BCUT2D eigenvalue weighted by molar-refractivity contribution is 0.385. The lowest BCUT2D eigenvalue weighted by Crippen LogP contribution is -2.23. The Balaban J connectivity index is 2.97. The van der Waals surface area contributed by atoms with Crippen LogP contribution in [-0.4, -0.2) is 20.7 Å². The van der Waals surface area contributed by atoms with Crippen LogP contribution in [0.2, 0.25) is 0 Å². The molecule has 0 spiro atoms. The van der Waals surface area contributed by atoms with Crippen molar-refractivity contribution in [3.05, 3.63) is 29.3 Å². The first kappa shape index (κ1) is 14.0. The fourth-order valence-corrected chi connectivity index (χ4v) is 2.03. The van der Waals surface area contributed by atoms with Gasteiger partial charge in [0.1, 0.15) is 5.75 Å². The summed E-state index contributed by atoms with van der Waals surface area (Å²) in [6, 6.07) is 6.58. The van der Waals surface area contributed by atoms with Crippen LogP contribution in [0.4, 0.5) is 0 Å². The minimum absolute atomic E-state index is 0.295. The summed E-state index contributed by atoms with van der Waals surface area (Å²) >= 11 is 0. The Bertz CT molecular complexity index is 352. The Morgan fingerprint density at radius 2 is 2.12 bits per heavy atom. The van der Waals surface area contributed by atoms with Crippen LogP contribution in [0.15, 0.2) is 18.2 Å². The van der Waals surface area contributed by atoms with Crippen molar-refractivity contribution in [2.45, 2.75) is 26.3 Å². The number of methoxy groups -OCH3 is 1. The Labute approximate surface area is 104 Å². The van der Waals surface area contributed by atoms with Crippen LogP contribution in [0.25, 0.3) is 0 Å². The molecule has 0 saturated carbocycles. The largest absolute Gasteiger partial charge is 0.496 e. The van der Waals surface area contributed by atoms with Crippen molar-refractivity contribution >= 4 is 0 Å². The van der Waals surface area contributed by atoms with Crippen LogP contribution in [0.3, 0.4) is 0 Å². The SMILES string of the molecule is CNC(CC(C)CN)c1cc(C)ccc1OC. The Kier molecular flexibility index (Phi) is 5.45. The van der Waals surface area contributed by atoms with E-state index in [9.17, 15) is 0 Å². The highest BCUT2D eigenvalue weighted by atomic mass is 16.5. The molecule has 0 amide bonds. The summed E-state index contributed by atoms with van der Waals surface area (Å²) in [5.74, 6) is 1.44. The molecule has 0 aliphatic carbocycles. The van der Waals surface area contributed by atoms with E-state index in [2.05, 4.69) is 31.3 Å². The topological polar surface area (TPSA) is 47.3 Å². The van der Waals surface area contributed by atoms with E-state index in [1.807, 2.05) is 13.1 Å². The van der Waals surface area contributed by atoms with Crippen molar-refractivity contribution in [2.24, 2.45) is 11.7 Å². The minimum atomic E-state index is 0.295. The van der Waals surface area contributed by atoms with E-state index >= 15 is 0 Å². The Hall–Kier alpha value is -1.06. The molecule has 0 bridgehead atoms. The number of ether oxygens (including phenoxy) is 1. The van der Waals surface area contributed by atoms with Crippen molar-refractivity contribution in [1.82, 2.24) is 5.32 Å². The summed E-state index contributed by atoms with van der Waals surface area (Å²) in [7, 11) is 3.70. The summed E-state index contributed by atoms with van der Waals surface area (Å²) in [6.07, 6.45) is 1.02. The van der Waals surface area contributed by atoms with Crippen LogP contribution < -0.4 is 15.8 Å². The molecule has 0 saturated heterocycles. The first-order valence-corrected chi connectivity index (χ1v) is 6.14. The molecule has 3 N–H and O–H groups in total. The maximum Gasteiger partial charge on any atom is 0.123 e. The zero-order valence-electron chi connectivity index (χ0n) is 11.3. The quantitative estimate of drug-likeness (QED) is 0.796. The second kappa shape index (κ2) is 6.62. The third-order valence-electron chi connectivity index (χ3n) is 3.15. The van der Waals surface area contributed by atoms with Crippen LogP contribution in [0, 0.1) is 12.8 Å². The third kappa shape index (κ3) is 3.72. The second-order valence-electron chi connectivity index (χ2n) is 4.66. The van der Waals surface area contributed by atoms with Crippen molar-refractivity contribution in [2.75, 3.05) is 20.7 Å². The normalized spacial score (nSPS) is 14.4. The van der Waals surface area contributed by atoms with E-state index in [0.717, 1.165) is 12.2 Å². The summed E-state index contributed by atoms with van der Waals surface area (Å²) in [6.45, 7) is 4.99. The van der Waals surface area contributed by atoms with Gasteiger partial charge in [-0.3, -0.25) is 0 Å². The molecule has 2 unspecified atom stereocenters. The molecule has 1 aromatic rings. The highest BCUT2D eigenvalue weighted by Gasteiger charge is 2.16. The highest BCUT2D eigenvalue weighted by Crippen LogP contribution is 2.29. The number of rotatable bonds is 6. The summed E-state index contributed by atoms with van der Waals surface area (Å²) in [5.41, 5.74) is 8.16. The van der Waals surface area contributed by atoms with Crippen LogP contribution in [0.1, 0.15) is 30.5 Å². The summed E-state index contributed by atoms with van der Waals surface area (Å²) in [4.78, 5) is 0. The molecule has 96 valence electrons. The molecule has 1 rings (SSSR count). The van der Waals surface area contributed by atoms with Gasteiger partial charge in [-0.2, -0.15) is 0 Å². The predicted molar refractivity (Wildman–Crippen MR) is 72.4 cm³/mol. The molecule has 3 nitrogen and oxygen atoms in total. The first-order valence-electron chi connectivity index (χ1n) is 6.14. The number of nitrogens with two attached hydrogens (primary N) is 1. The van der Waals surface area contributed by atoms with E-state index in [4.69, 9.17) is 10.5 Å². The average molecular weight is 236 g/mol. The number of benzene rings is 1. The molecule has 0 aromatic heterocycles. The van der Waals surface area contributed by atoms with Gasteiger partial charge in [-0.15, -0.1) is 0 Å². The average Bonchev–Trinajstić information content (AvgIpc) is 2.35. The minimum Gasteiger partial charge on any atom is -0.496 e. The molecular weight excluding hydrogens is 212 g/mol. The molecule has 0 aliphatic heterocycles. The molecule has 2 atom stereocenters. The van der Waals surface area contributed by atoms with Crippen molar-refractivity contribution in [3.63, 3.8) is 0 Å². The number of hydrogen-bond acceptors (Lipinski definition) is 3. The standard InChI is InChI=1S/C14H24N2O/c1-10-5-6-14(17-4)12(7-10)13(16-3)8-11(2)9-15/h5-7,11,13,16H,8-9,15H2,1-4H3. The van der Waals surface area contributed by atoms with E-state index in [-0.39, 0.29) is 0 Å². The van der Waals surface area contributed by atoms with Crippen molar-refractivity contribution < 1.29 is 4.74 Å². The Morgan fingerprint density at radius 1 is 1.41 bits per heavy atom. The van der Waals surface area contributed by atoms with E-state index in [1.54, 1.807) is 7.11 Å². The maximum absolute atomic E-state index is 5.69. The fraction of sp³-hybridized carbons (Fsp3) is 0.571. The van der Waals surface area contributed by atoms with E-state index < -0.39 is 0 Å². The van der Waals surface area contributed by atoms with Gasteiger partial charge in [0.2, 0.25) is 0 Å². The zero-order chi connectivity index (χ0) is 12.8. The molecule has 3 heteroatoms. The van der Waals surface area contributed by atoms with E-state index in [0.29, 0.717) is 18.5 Å². The summed E-state index contributed by atoms with van der Waals surface area (Å²) < 4.78 is 5.43. The van der Waals surface area contributed by atoms with Crippen LogP contribution in [0.5, 0.6) is 5.75 Å². The monoisotopic (exact) mass is 236 g/mol. The fourth-order valence-electron chi connectivity index (χ4n) is 2.03. The Morgan fingerprint density at radius 3 is 2.65 bits per heavy atom. The van der Waals surface area contributed by atoms with Crippen molar-refractivity contribution in [3.8, 4) is 5.75 Å². The van der Waals surface area contributed by atoms with Gasteiger partial charge in [0.25, 0.3) is 0 Å². The van der Waals surface area contributed by atoms with Crippen LogP contribution >= 0.6 is 0 Å². The van der Waals surface area contributed by atoms with Gasteiger partial charge in [-0.25, -0.2) is 0 Å². The van der Waals surface area contributed by atoms with Gasteiger partial charge in [0.15, 0.2) is 0 Å². The van der Waals surface area contributed by atoms with Gasteiger partial charge in [0, 0.05) is 11.6 Å². The molecule has 1 aromatic carbocycles. The molecule has 0 aliphatic rings. The van der Waals surface area contributed by atoms with Crippen LogP contribution in [-0.2, 0) is 0 Å². The maximum atomic E-state index is 5.69. The molecular formula is C14H24N2O. The summed E-state index contributed by atoms with van der Waals surface area (Å²) in [5, 5.41) is 3.35. The van der Waals surface area contributed by atoms with Gasteiger partial charge in [-0.1, -0.05) is 24.6 Å². The lowest BCUT2D eigenvalue weighted by Gasteiger charge is -2.22. The van der Waals surface area contributed by atoms with Gasteiger partial charge < -0.3 is 15.8 Å². The smallest absolute Gasteiger partial charge is 0.123 e. The lowest BCUT2D eigenvalue weighted by atomic mass is 9.94. The highest BCUT2D eigenvalue weighted by molar-refractivity contribution is 5.39. The van der Waals surface area contributed by atoms with Gasteiger partial charge in [-0.05, 0) is 38.9 Å². The zero-order valence-corrected chi connectivity index (χ0v) is 11.3. The third-order valence-corrected chi connectivity index (χ3v) is 3.15. The van der Waals surface area contributed by atoms with Crippen molar-refractivity contribution in [1.29, 1.82) is 0 Å². The number of hydrogen-bond donors (Lipinski definition) is 2. The molecule has 17 heavy (non-hydrogen) atoms. The first-order chi connectivity index (χ1) is 8.12. The van der Waals surface area contributed by atoms with Gasteiger partial charge in [0.05, 0.1) is 7.11 Å². The molecule has 0 fully saturated rings. The molecule has 0 heterocycles. The molecule has 0 radical (unpaired) electrons. The number of nitrogens with one attached hydrogen (secondary N) is 1.